The van der Waals surface area contributed by atoms with E-state index in [4.69, 9.17) is 5.11 Å². The topological polar surface area (TPSA) is 133 Å². The van der Waals surface area contributed by atoms with E-state index in [1.54, 1.807) is 7.05 Å². The summed E-state index contributed by atoms with van der Waals surface area (Å²) in [4.78, 5) is 35.7. The third kappa shape index (κ3) is 5.58. The minimum absolute atomic E-state index is 0.236. The lowest BCUT2D eigenvalue weighted by molar-refractivity contribution is -0.139. The number of nitrogens with one attached hydrogen (secondary N) is 2. The summed E-state index contributed by atoms with van der Waals surface area (Å²) in [6.45, 7) is 0.514. The van der Waals surface area contributed by atoms with Gasteiger partial charge in [-0.2, -0.15) is 0 Å². The van der Waals surface area contributed by atoms with Gasteiger partial charge >= 0.3 is 12.0 Å². The van der Waals surface area contributed by atoms with Crippen molar-refractivity contribution in [3.05, 3.63) is 0 Å². The van der Waals surface area contributed by atoms with Crippen LogP contribution in [0.1, 0.15) is 12.8 Å². The van der Waals surface area contributed by atoms with Crippen LogP contribution in [0.5, 0.6) is 0 Å². The molecule has 120 valence electrons. The quantitative estimate of drug-likeness (QED) is 0.540. The van der Waals surface area contributed by atoms with E-state index in [0.29, 0.717) is 13.0 Å². The van der Waals surface area contributed by atoms with E-state index in [1.807, 2.05) is 0 Å². The number of rotatable bonds is 6. The maximum Gasteiger partial charge on any atom is 0.326 e. The molecule has 1 aliphatic rings. The fraction of sp³-hybridized carbons (Fsp3) is 0.727. The Kier molecular flexibility index (Phi) is 5.53. The minimum atomic E-state index is -3.32. The smallest absolute Gasteiger partial charge is 0.326 e. The second kappa shape index (κ2) is 6.74. The highest BCUT2D eigenvalue weighted by Gasteiger charge is 2.31. The van der Waals surface area contributed by atoms with Crippen LogP contribution >= 0.6 is 0 Å². The van der Waals surface area contributed by atoms with E-state index >= 15 is 0 Å². The van der Waals surface area contributed by atoms with Gasteiger partial charge in [-0.3, -0.25) is 4.79 Å². The van der Waals surface area contributed by atoms with Gasteiger partial charge in [-0.25, -0.2) is 18.0 Å². The van der Waals surface area contributed by atoms with Gasteiger partial charge in [-0.1, -0.05) is 0 Å². The van der Waals surface area contributed by atoms with Crippen molar-refractivity contribution in [1.29, 1.82) is 0 Å². The van der Waals surface area contributed by atoms with Crippen LogP contribution in [0.3, 0.4) is 0 Å². The van der Waals surface area contributed by atoms with Crippen molar-refractivity contribution in [2.24, 2.45) is 0 Å². The molecule has 1 saturated heterocycles. The first-order chi connectivity index (χ1) is 9.60. The molecule has 0 saturated carbocycles. The van der Waals surface area contributed by atoms with Crippen molar-refractivity contribution in [3.63, 3.8) is 0 Å². The number of hydrogen-bond donors (Lipinski definition) is 3. The molecule has 0 aromatic carbocycles. The molecule has 0 spiro atoms. The highest BCUT2D eigenvalue weighted by atomic mass is 32.2. The minimum Gasteiger partial charge on any atom is -0.480 e. The molecule has 3 amide bonds. The van der Waals surface area contributed by atoms with Gasteiger partial charge in [0.15, 0.2) is 0 Å². The monoisotopic (exact) mass is 321 g/mol. The third-order valence-electron chi connectivity index (χ3n) is 3.11. The number of carboxylic acid groups (broad SMARTS) is 1. The number of carbonyl (C=O) groups excluding carboxylic acids is 2. The number of amides is 3. The average Bonchev–Trinajstić information content (AvgIpc) is 2.65. The number of aliphatic carboxylic acids is 1. The summed E-state index contributed by atoms with van der Waals surface area (Å²) < 4.78 is 22.1. The Hall–Kier alpha value is -1.84. The van der Waals surface area contributed by atoms with Crippen molar-refractivity contribution < 1.29 is 27.9 Å². The van der Waals surface area contributed by atoms with Gasteiger partial charge in [0.25, 0.3) is 0 Å². The van der Waals surface area contributed by atoms with Crippen molar-refractivity contribution in [1.82, 2.24) is 15.5 Å². The summed E-state index contributed by atoms with van der Waals surface area (Å²) >= 11 is 0. The zero-order chi connectivity index (χ0) is 16.2. The molecule has 2 unspecified atom stereocenters. The third-order valence-corrected chi connectivity index (χ3v) is 4.09. The molecule has 1 aliphatic heterocycles. The standard InChI is InChI=1S/C11H19N3O6S/c1-14-5-3-7(9(14)15)12-11(18)13-8(10(16)17)4-6-21(2,19)20/h7-8H,3-6H2,1-2H3,(H,16,17)(H2,12,13,18). The first-order valence-corrected chi connectivity index (χ1v) is 8.38. The normalized spacial score (nSPS) is 20.2. The number of carbonyl (C=O) groups is 3. The molecule has 10 heteroatoms. The fourth-order valence-electron chi connectivity index (χ4n) is 1.90. The highest BCUT2D eigenvalue weighted by molar-refractivity contribution is 7.90. The summed E-state index contributed by atoms with van der Waals surface area (Å²) in [7, 11) is -1.72. The second-order valence-corrected chi connectivity index (χ2v) is 7.29. The average molecular weight is 321 g/mol. The van der Waals surface area contributed by atoms with E-state index in [1.165, 1.54) is 4.90 Å². The fourth-order valence-corrected chi connectivity index (χ4v) is 2.57. The maximum absolute atomic E-state index is 11.7. The highest BCUT2D eigenvalue weighted by Crippen LogP contribution is 2.08. The number of urea groups is 1. The molecule has 1 fully saturated rings. The van der Waals surface area contributed by atoms with E-state index in [9.17, 15) is 22.8 Å². The van der Waals surface area contributed by atoms with Gasteiger partial charge < -0.3 is 20.6 Å². The maximum atomic E-state index is 11.7. The molecule has 1 rings (SSSR count). The van der Waals surface area contributed by atoms with Crippen LogP contribution in [0.25, 0.3) is 0 Å². The molecule has 2 atom stereocenters. The van der Waals surface area contributed by atoms with Gasteiger partial charge in [0.1, 0.15) is 21.9 Å². The van der Waals surface area contributed by atoms with Crippen LogP contribution < -0.4 is 10.6 Å². The van der Waals surface area contributed by atoms with Crippen molar-refractivity contribution in [2.75, 3.05) is 25.6 Å². The first kappa shape index (κ1) is 17.2. The lowest BCUT2D eigenvalue weighted by atomic mass is 10.2. The Balaban J connectivity index is 2.53. The van der Waals surface area contributed by atoms with Crippen LogP contribution in [0, 0.1) is 0 Å². The second-order valence-electron chi connectivity index (χ2n) is 5.03. The number of nitrogens with zero attached hydrogens (tertiary/aromatic N) is 1. The number of hydrogen-bond acceptors (Lipinski definition) is 5. The number of sulfone groups is 1. The predicted octanol–water partition coefficient (Wildman–Crippen LogP) is -1.60. The molecule has 9 nitrogen and oxygen atoms in total. The molecular weight excluding hydrogens is 302 g/mol. The zero-order valence-electron chi connectivity index (χ0n) is 11.8. The van der Waals surface area contributed by atoms with Gasteiger partial charge in [0.2, 0.25) is 5.91 Å². The molecule has 0 aromatic heterocycles. The van der Waals surface area contributed by atoms with Crippen molar-refractivity contribution >= 4 is 27.7 Å². The van der Waals surface area contributed by atoms with Crippen LogP contribution in [-0.4, -0.2) is 74.0 Å². The Bertz CT molecular complexity index is 532. The van der Waals surface area contributed by atoms with Crippen LogP contribution in [0.15, 0.2) is 0 Å². The molecule has 0 aliphatic carbocycles. The predicted molar refractivity (Wildman–Crippen MR) is 73.5 cm³/mol. The first-order valence-electron chi connectivity index (χ1n) is 6.32. The summed E-state index contributed by atoms with van der Waals surface area (Å²) in [6.07, 6.45) is 1.20. The van der Waals surface area contributed by atoms with E-state index in [-0.39, 0.29) is 18.1 Å². The zero-order valence-corrected chi connectivity index (χ0v) is 12.6. The van der Waals surface area contributed by atoms with Crippen LogP contribution in [-0.2, 0) is 19.4 Å². The lowest BCUT2D eigenvalue weighted by Gasteiger charge is -2.17. The molecule has 1 heterocycles. The molecule has 3 N–H and O–H groups in total. The van der Waals surface area contributed by atoms with Gasteiger partial charge in [0, 0.05) is 19.8 Å². The molecule has 0 aromatic rings. The molecular formula is C11H19N3O6S. The number of likely N-dealkylation sites (N-methyl/N-ethyl adjacent to an activating group) is 1. The SMILES string of the molecule is CN1CCC(NC(=O)NC(CCS(C)(=O)=O)C(=O)O)C1=O. The van der Waals surface area contributed by atoms with Gasteiger partial charge in [-0.05, 0) is 12.8 Å². The molecule has 21 heavy (non-hydrogen) atoms. The Morgan fingerprint density at radius 3 is 2.52 bits per heavy atom. The number of likely N-dealkylation sites (tertiary alicyclic amines) is 1. The van der Waals surface area contributed by atoms with E-state index < -0.39 is 33.9 Å². The Morgan fingerprint density at radius 2 is 2.10 bits per heavy atom. The Morgan fingerprint density at radius 1 is 1.48 bits per heavy atom. The molecule has 0 radical (unpaired) electrons. The van der Waals surface area contributed by atoms with E-state index in [2.05, 4.69) is 10.6 Å². The Labute approximate surface area is 122 Å². The van der Waals surface area contributed by atoms with E-state index in [0.717, 1.165) is 6.26 Å². The summed E-state index contributed by atoms with van der Waals surface area (Å²) in [6, 6.07) is -2.81. The van der Waals surface area contributed by atoms with Crippen molar-refractivity contribution in [3.8, 4) is 0 Å². The summed E-state index contributed by atoms with van der Waals surface area (Å²) in [5, 5.41) is 13.5. The lowest BCUT2D eigenvalue weighted by Crippen LogP contribution is -2.51. The molecule has 0 bridgehead atoms. The summed E-state index contributed by atoms with van der Waals surface area (Å²) in [5.74, 6) is -1.92. The van der Waals surface area contributed by atoms with Gasteiger partial charge in [-0.15, -0.1) is 0 Å². The number of carboxylic acids is 1. The van der Waals surface area contributed by atoms with Crippen molar-refractivity contribution in [2.45, 2.75) is 24.9 Å². The van der Waals surface area contributed by atoms with Crippen LogP contribution in [0.4, 0.5) is 4.79 Å². The summed E-state index contributed by atoms with van der Waals surface area (Å²) in [5.41, 5.74) is 0. The van der Waals surface area contributed by atoms with Crippen LogP contribution in [0.2, 0.25) is 0 Å². The van der Waals surface area contributed by atoms with Gasteiger partial charge in [0.05, 0.1) is 5.75 Å². The largest absolute Gasteiger partial charge is 0.480 e.